The highest BCUT2D eigenvalue weighted by Gasteiger charge is 2.33. The Labute approximate surface area is 99.4 Å². The summed E-state index contributed by atoms with van der Waals surface area (Å²) in [6.07, 6.45) is -4.92. The van der Waals surface area contributed by atoms with E-state index in [2.05, 4.69) is 4.74 Å². The van der Waals surface area contributed by atoms with Gasteiger partial charge < -0.3 is 9.84 Å². The molecule has 0 fully saturated rings. The van der Waals surface area contributed by atoms with Crippen LogP contribution in [0.3, 0.4) is 0 Å². The molecule has 0 unspecified atom stereocenters. The van der Waals surface area contributed by atoms with E-state index in [1.807, 2.05) is 0 Å². The number of ether oxygens (including phenoxy) is 1. The molecular formula is C12H7F3O3. The van der Waals surface area contributed by atoms with Crippen molar-refractivity contribution in [2.24, 2.45) is 0 Å². The quantitative estimate of drug-likeness (QED) is 0.895. The zero-order chi connectivity index (χ0) is 13.3. The van der Waals surface area contributed by atoms with E-state index in [-0.39, 0.29) is 0 Å². The molecule has 3 nitrogen and oxygen atoms in total. The van der Waals surface area contributed by atoms with Crippen LogP contribution in [0, 0.1) is 0 Å². The Morgan fingerprint density at radius 3 is 2.17 bits per heavy atom. The van der Waals surface area contributed by atoms with Gasteiger partial charge in [0.1, 0.15) is 11.3 Å². The molecule has 0 radical (unpaired) electrons. The van der Waals surface area contributed by atoms with Crippen molar-refractivity contribution in [2.45, 2.75) is 6.36 Å². The molecule has 18 heavy (non-hydrogen) atoms. The fourth-order valence-corrected chi connectivity index (χ4v) is 1.60. The molecule has 0 atom stereocenters. The lowest BCUT2D eigenvalue weighted by Gasteiger charge is -2.12. The van der Waals surface area contributed by atoms with Crippen molar-refractivity contribution >= 4 is 16.7 Å². The molecule has 94 valence electrons. The minimum Gasteiger partial charge on any atom is -0.478 e. The molecule has 2 rings (SSSR count). The average Bonchev–Trinajstić information content (AvgIpc) is 2.25. The third-order valence-corrected chi connectivity index (χ3v) is 2.30. The summed E-state index contributed by atoms with van der Waals surface area (Å²) in [5, 5.41) is 9.88. The van der Waals surface area contributed by atoms with Crippen LogP contribution >= 0.6 is 0 Å². The first-order valence-electron chi connectivity index (χ1n) is 4.88. The Morgan fingerprint density at radius 1 is 1.11 bits per heavy atom. The number of fused-ring (bicyclic) bond motifs is 1. The number of benzene rings is 2. The first kappa shape index (κ1) is 12.2. The summed E-state index contributed by atoms with van der Waals surface area (Å²) < 4.78 is 40.2. The van der Waals surface area contributed by atoms with Gasteiger partial charge >= 0.3 is 12.3 Å². The number of alkyl halides is 3. The lowest BCUT2D eigenvalue weighted by atomic mass is 10.1. The Kier molecular flexibility index (Phi) is 2.86. The highest BCUT2D eigenvalue weighted by Crippen LogP contribution is 2.30. The molecule has 2 aromatic carbocycles. The minimum absolute atomic E-state index is 0.474. The van der Waals surface area contributed by atoms with Crippen LogP contribution in [0.25, 0.3) is 10.8 Å². The predicted octanol–water partition coefficient (Wildman–Crippen LogP) is 3.44. The van der Waals surface area contributed by atoms with Gasteiger partial charge in [0.05, 0.1) is 0 Å². The fraction of sp³-hybridized carbons (Fsp3) is 0.0833. The smallest absolute Gasteiger partial charge is 0.478 e. The number of carboxylic acid groups (broad SMARTS) is 1. The lowest BCUT2D eigenvalue weighted by Crippen LogP contribution is -2.19. The fourth-order valence-electron chi connectivity index (χ4n) is 1.60. The van der Waals surface area contributed by atoms with E-state index in [1.54, 1.807) is 24.3 Å². The highest BCUT2D eigenvalue weighted by molar-refractivity contribution is 5.97. The van der Waals surface area contributed by atoms with Crippen LogP contribution in [0.2, 0.25) is 0 Å². The largest absolute Gasteiger partial charge is 0.573 e. The van der Waals surface area contributed by atoms with Crippen molar-refractivity contribution in [3.8, 4) is 5.75 Å². The Morgan fingerprint density at radius 2 is 1.67 bits per heavy atom. The van der Waals surface area contributed by atoms with E-state index in [4.69, 9.17) is 5.11 Å². The molecule has 1 N–H and O–H groups in total. The van der Waals surface area contributed by atoms with E-state index in [1.165, 1.54) is 0 Å². The van der Waals surface area contributed by atoms with Gasteiger partial charge in [-0.3, -0.25) is 0 Å². The molecule has 0 aliphatic heterocycles. The number of halogens is 3. The number of aromatic carboxylic acids is 1. The Bertz CT molecular complexity index is 605. The molecule has 6 heteroatoms. The van der Waals surface area contributed by atoms with Crippen LogP contribution < -0.4 is 4.74 Å². The van der Waals surface area contributed by atoms with Crippen molar-refractivity contribution in [3.05, 3.63) is 42.0 Å². The monoisotopic (exact) mass is 256 g/mol. The van der Waals surface area contributed by atoms with Crippen LogP contribution in [0.1, 0.15) is 10.4 Å². The maximum absolute atomic E-state index is 12.2. The summed E-state index contributed by atoms with van der Waals surface area (Å²) in [7, 11) is 0. The second kappa shape index (κ2) is 4.21. The van der Waals surface area contributed by atoms with E-state index in [0.29, 0.717) is 10.8 Å². The van der Waals surface area contributed by atoms with Crippen LogP contribution in [-0.4, -0.2) is 17.4 Å². The Hall–Kier alpha value is -2.24. The van der Waals surface area contributed by atoms with Crippen LogP contribution in [0.15, 0.2) is 36.4 Å². The second-order valence-electron chi connectivity index (χ2n) is 3.55. The maximum atomic E-state index is 12.2. The summed E-state index contributed by atoms with van der Waals surface area (Å²) in [4.78, 5) is 10.9. The van der Waals surface area contributed by atoms with E-state index >= 15 is 0 Å². The van der Waals surface area contributed by atoms with E-state index in [9.17, 15) is 18.0 Å². The van der Waals surface area contributed by atoms with Crippen LogP contribution in [0.4, 0.5) is 13.2 Å². The van der Waals surface area contributed by atoms with Gasteiger partial charge in [-0.25, -0.2) is 4.79 Å². The van der Waals surface area contributed by atoms with Gasteiger partial charge in [-0.1, -0.05) is 24.3 Å². The molecule has 0 aliphatic rings. The third-order valence-electron chi connectivity index (χ3n) is 2.30. The van der Waals surface area contributed by atoms with Gasteiger partial charge in [-0.2, -0.15) is 0 Å². The summed E-state index contributed by atoms with van der Waals surface area (Å²) in [5.41, 5.74) is -0.522. The first-order valence-corrected chi connectivity index (χ1v) is 4.88. The van der Waals surface area contributed by atoms with Gasteiger partial charge in [-0.15, -0.1) is 13.2 Å². The average molecular weight is 256 g/mol. The zero-order valence-electron chi connectivity index (χ0n) is 8.86. The van der Waals surface area contributed by atoms with Crippen molar-refractivity contribution in [3.63, 3.8) is 0 Å². The molecule has 0 aliphatic carbocycles. The van der Waals surface area contributed by atoms with E-state index in [0.717, 1.165) is 12.1 Å². The molecule has 0 amide bonds. The van der Waals surface area contributed by atoms with Gasteiger partial charge in [0.15, 0.2) is 0 Å². The molecule has 0 spiro atoms. The maximum Gasteiger partial charge on any atom is 0.573 e. The first-order chi connectivity index (χ1) is 8.37. The molecule has 0 aromatic heterocycles. The standard InChI is InChI=1S/C12H7F3O3/c13-12(14,15)18-10-6-8-4-2-1-3-7(8)5-9(10)11(16)17/h1-6H,(H,16,17). The topological polar surface area (TPSA) is 46.5 Å². The lowest BCUT2D eigenvalue weighted by molar-refractivity contribution is -0.274. The summed E-state index contributed by atoms with van der Waals surface area (Å²) >= 11 is 0. The molecule has 0 saturated heterocycles. The normalized spacial score (nSPS) is 11.5. The van der Waals surface area contributed by atoms with Gasteiger partial charge in [-0.05, 0) is 22.9 Å². The van der Waals surface area contributed by atoms with Crippen LogP contribution in [0.5, 0.6) is 5.75 Å². The zero-order valence-corrected chi connectivity index (χ0v) is 8.86. The second-order valence-corrected chi connectivity index (χ2v) is 3.55. The van der Waals surface area contributed by atoms with Crippen molar-refractivity contribution in [1.82, 2.24) is 0 Å². The van der Waals surface area contributed by atoms with Crippen molar-refractivity contribution in [2.75, 3.05) is 0 Å². The minimum atomic E-state index is -4.92. The van der Waals surface area contributed by atoms with Gasteiger partial charge in [0.2, 0.25) is 0 Å². The number of hydrogen-bond acceptors (Lipinski definition) is 2. The number of hydrogen-bond donors (Lipinski definition) is 1. The number of carbonyl (C=O) groups is 1. The predicted molar refractivity (Wildman–Crippen MR) is 57.6 cm³/mol. The van der Waals surface area contributed by atoms with Crippen molar-refractivity contribution in [1.29, 1.82) is 0 Å². The molecule has 0 heterocycles. The Balaban J connectivity index is 2.61. The summed E-state index contributed by atoms with van der Waals surface area (Å²) in [6.45, 7) is 0. The highest BCUT2D eigenvalue weighted by atomic mass is 19.4. The molecule has 0 saturated carbocycles. The molecular weight excluding hydrogens is 249 g/mol. The van der Waals surface area contributed by atoms with Gasteiger partial charge in [0, 0.05) is 0 Å². The van der Waals surface area contributed by atoms with Gasteiger partial charge in [0.25, 0.3) is 0 Å². The third kappa shape index (κ3) is 2.53. The SMILES string of the molecule is O=C(O)c1cc2ccccc2cc1OC(F)(F)F. The summed E-state index contributed by atoms with van der Waals surface area (Å²) in [5.74, 6) is -2.19. The van der Waals surface area contributed by atoms with E-state index < -0.39 is 23.6 Å². The molecule has 0 bridgehead atoms. The summed E-state index contributed by atoms with van der Waals surface area (Å²) in [6, 6.07) is 8.70. The molecule has 2 aromatic rings. The van der Waals surface area contributed by atoms with Crippen LogP contribution in [-0.2, 0) is 0 Å². The number of rotatable bonds is 2. The van der Waals surface area contributed by atoms with Crippen molar-refractivity contribution < 1.29 is 27.8 Å². The number of carboxylic acids is 1.